The van der Waals surface area contributed by atoms with Crippen molar-refractivity contribution in [2.45, 2.75) is 104 Å². The van der Waals surface area contributed by atoms with Crippen LogP contribution in [0.3, 0.4) is 0 Å². The first kappa shape index (κ1) is 30.9. The van der Waals surface area contributed by atoms with Crippen LogP contribution in [0, 0.1) is 11.3 Å². The van der Waals surface area contributed by atoms with Crippen molar-refractivity contribution in [1.29, 1.82) is 0 Å². The van der Waals surface area contributed by atoms with Gasteiger partial charge in [0, 0.05) is 32.0 Å². The van der Waals surface area contributed by atoms with E-state index in [0.29, 0.717) is 24.2 Å². The number of carbonyl (C=O) groups is 2. The van der Waals surface area contributed by atoms with Crippen molar-refractivity contribution in [2.75, 3.05) is 40.6 Å². The maximum Gasteiger partial charge on any atom is 0.305 e. The van der Waals surface area contributed by atoms with Gasteiger partial charge in [0.1, 0.15) is 0 Å². The highest BCUT2D eigenvalue weighted by atomic mass is 16.5. The molecule has 0 radical (unpaired) electrons. The molecule has 6 nitrogen and oxygen atoms in total. The number of hydrogen-bond donors (Lipinski definition) is 0. The first-order valence-electron chi connectivity index (χ1n) is 12.6. The smallest absolute Gasteiger partial charge is 0.305 e. The van der Waals surface area contributed by atoms with Gasteiger partial charge in [-0.15, -0.1) is 0 Å². The Morgan fingerprint density at radius 2 is 1.09 bits per heavy atom. The van der Waals surface area contributed by atoms with Crippen LogP contribution in [0.4, 0.5) is 0 Å². The number of hydrogen-bond acceptors (Lipinski definition) is 6. The fourth-order valence-corrected chi connectivity index (χ4v) is 3.49. The fraction of sp³-hybridized carbons (Fsp3) is 0.923. The average Bonchev–Trinajstić information content (AvgIpc) is 2.75. The Hall–Kier alpha value is -1.14. The Morgan fingerprint density at radius 3 is 1.50 bits per heavy atom. The van der Waals surface area contributed by atoms with Crippen molar-refractivity contribution in [3.63, 3.8) is 0 Å². The van der Waals surface area contributed by atoms with Crippen LogP contribution in [0.2, 0.25) is 0 Å². The SMILES string of the molecule is COC(=O)CCCCCCOCC(CCCC(C)(C)C)COCCCCCCC(=O)OC. The van der Waals surface area contributed by atoms with Gasteiger partial charge < -0.3 is 18.9 Å². The highest BCUT2D eigenvalue weighted by molar-refractivity contribution is 5.69. The van der Waals surface area contributed by atoms with E-state index in [0.717, 1.165) is 84.2 Å². The average molecular weight is 459 g/mol. The molecule has 6 heteroatoms. The predicted molar refractivity (Wildman–Crippen MR) is 129 cm³/mol. The number of rotatable bonds is 21. The Labute approximate surface area is 197 Å². The lowest BCUT2D eigenvalue weighted by molar-refractivity contribution is -0.141. The second-order valence-electron chi connectivity index (χ2n) is 9.95. The summed E-state index contributed by atoms with van der Waals surface area (Å²) in [5.41, 5.74) is 0.362. The van der Waals surface area contributed by atoms with E-state index >= 15 is 0 Å². The van der Waals surface area contributed by atoms with Gasteiger partial charge in [0.2, 0.25) is 0 Å². The molecule has 32 heavy (non-hydrogen) atoms. The van der Waals surface area contributed by atoms with Gasteiger partial charge in [-0.05, 0) is 43.9 Å². The molecule has 0 amide bonds. The molecule has 0 saturated heterocycles. The van der Waals surface area contributed by atoms with E-state index in [1.54, 1.807) is 0 Å². The molecular weight excluding hydrogens is 408 g/mol. The lowest BCUT2D eigenvalue weighted by Gasteiger charge is -2.21. The zero-order valence-electron chi connectivity index (χ0n) is 21.5. The molecule has 0 aromatic heterocycles. The van der Waals surface area contributed by atoms with Gasteiger partial charge in [-0.1, -0.05) is 52.9 Å². The summed E-state index contributed by atoms with van der Waals surface area (Å²) in [7, 11) is 2.87. The highest BCUT2D eigenvalue weighted by Crippen LogP contribution is 2.23. The van der Waals surface area contributed by atoms with Crippen LogP contribution in [0.25, 0.3) is 0 Å². The Bertz CT molecular complexity index is 426. The summed E-state index contributed by atoms with van der Waals surface area (Å²) in [6, 6.07) is 0. The summed E-state index contributed by atoms with van der Waals surface area (Å²) < 4.78 is 21.2. The van der Waals surface area contributed by atoms with Crippen molar-refractivity contribution in [3.05, 3.63) is 0 Å². The van der Waals surface area contributed by atoms with Crippen molar-refractivity contribution in [2.24, 2.45) is 11.3 Å². The Balaban J connectivity index is 3.92. The molecule has 0 aromatic rings. The number of carbonyl (C=O) groups excluding carboxylic acids is 2. The van der Waals surface area contributed by atoms with Crippen LogP contribution in [-0.4, -0.2) is 52.6 Å². The van der Waals surface area contributed by atoms with Crippen LogP contribution >= 0.6 is 0 Å². The van der Waals surface area contributed by atoms with Gasteiger partial charge in [-0.2, -0.15) is 0 Å². The molecule has 0 aliphatic carbocycles. The minimum absolute atomic E-state index is 0.124. The summed E-state index contributed by atoms with van der Waals surface area (Å²) in [4.78, 5) is 22.2. The molecule has 0 aromatic carbocycles. The number of ether oxygens (including phenoxy) is 4. The zero-order valence-corrected chi connectivity index (χ0v) is 21.5. The van der Waals surface area contributed by atoms with Crippen molar-refractivity contribution in [3.8, 4) is 0 Å². The molecule has 0 N–H and O–H groups in total. The van der Waals surface area contributed by atoms with E-state index in [4.69, 9.17) is 9.47 Å². The maximum atomic E-state index is 11.1. The largest absolute Gasteiger partial charge is 0.469 e. The van der Waals surface area contributed by atoms with Crippen molar-refractivity contribution in [1.82, 2.24) is 0 Å². The Morgan fingerprint density at radius 1 is 0.656 bits per heavy atom. The predicted octanol–water partition coefficient (Wildman–Crippen LogP) is 6.10. The highest BCUT2D eigenvalue weighted by Gasteiger charge is 2.14. The molecular formula is C26H50O6. The quantitative estimate of drug-likeness (QED) is 0.153. The molecule has 0 unspecified atom stereocenters. The van der Waals surface area contributed by atoms with Crippen LogP contribution in [0.15, 0.2) is 0 Å². The molecule has 0 atom stereocenters. The van der Waals surface area contributed by atoms with Gasteiger partial charge in [-0.25, -0.2) is 0 Å². The molecule has 0 heterocycles. The van der Waals surface area contributed by atoms with Crippen molar-refractivity contribution >= 4 is 11.9 Å². The Kier molecular flexibility index (Phi) is 19.7. The van der Waals surface area contributed by atoms with E-state index in [1.165, 1.54) is 27.1 Å². The molecule has 0 aliphatic heterocycles. The van der Waals surface area contributed by atoms with E-state index in [1.807, 2.05) is 0 Å². The standard InChI is InChI=1S/C26H50O6/c1-26(2,3)18-14-15-23(21-31-19-12-8-6-10-16-24(27)29-4)22-32-20-13-9-7-11-17-25(28)30-5/h23H,6-22H2,1-5H3. The first-order valence-corrected chi connectivity index (χ1v) is 12.6. The fourth-order valence-electron chi connectivity index (χ4n) is 3.49. The second kappa shape index (κ2) is 20.5. The monoisotopic (exact) mass is 458 g/mol. The molecule has 0 spiro atoms. The molecule has 0 fully saturated rings. The van der Waals surface area contributed by atoms with Crippen LogP contribution in [-0.2, 0) is 28.5 Å². The van der Waals surface area contributed by atoms with Gasteiger partial charge in [0.05, 0.1) is 27.4 Å². The van der Waals surface area contributed by atoms with Gasteiger partial charge in [-0.3, -0.25) is 9.59 Å². The third-order valence-electron chi connectivity index (χ3n) is 5.54. The number of methoxy groups -OCH3 is 2. The minimum Gasteiger partial charge on any atom is -0.469 e. The van der Waals surface area contributed by atoms with E-state index in [-0.39, 0.29) is 11.9 Å². The topological polar surface area (TPSA) is 71.1 Å². The van der Waals surface area contributed by atoms with Gasteiger partial charge in [0.25, 0.3) is 0 Å². The van der Waals surface area contributed by atoms with Crippen LogP contribution in [0.1, 0.15) is 104 Å². The number of esters is 2. The van der Waals surface area contributed by atoms with E-state index in [9.17, 15) is 9.59 Å². The number of unbranched alkanes of at least 4 members (excludes halogenated alkanes) is 6. The lowest BCUT2D eigenvalue weighted by atomic mass is 9.88. The zero-order chi connectivity index (χ0) is 24.1. The normalized spacial score (nSPS) is 11.7. The van der Waals surface area contributed by atoms with Crippen LogP contribution in [0.5, 0.6) is 0 Å². The van der Waals surface area contributed by atoms with Gasteiger partial charge >= 0.3 is 11.9 Å². The van der Waals surface area contributed by atoms with Crippen molar-refractivity contribution < 1.29 is 28.5 Å². The third-order valence-corrected chi connectivity index (χ3v) is 5.54. The summed E-state index contributed by atoms with van der Waals surface area (Å²) in [6.07, 6.45) is 12.6. The third kappa shape index (κ3) is 22.1. The van der Waals surface area contributed by atoms with Gasteiger partial charge in [0.15, 0.2) is 0 Å². The molecule has 0 saturated carbocycles. The minimum atomic E-state index is -0.124. The first-order chi connectivity index (χ1) is 15.3. The molecule has 0 aliphatic rings. The second-order valence-corrected chi connectivity index (χ2v) is 9.95. The lowest BCUT2D eigenvalue weighted by Crippen LogP contribution is -2.18. The summed E-state index contributed by atoms with van der Waals surface area (Å²) in [5, 5.41) is 0. The summed E-state index contributed by atoms with van der Waals surface area (Å²) in [5.74, 6) is 0.192. The molecule has 190 valence electrons. The van der Waals surface area contributed by atoms with E-state index < -0.39 is 0 Å². The summed E-state index contributed by atoms with van der Waals surface area (Å²) >= 11 is 0. The van der Waals surface area contributed by atoms with E-state index in [2.05, 4.69) is 30.2 Å². The maximum absolute atomic E-state index is 11.1. The molecule has 0 rings (SSSR count). The molecule has 0 bridgehead atoms. The summed E-state index contributed by atoms with van der Waals surface area (Å²) in [6.45, 7) is 9.92. The van der Waals surface area contributed by atoms with Crippen LogP contribution < -0.4 is 0 Å².